The predicted octanol–water partition coefficient (Wildman–Crippen LogP) is -1.17. The Morgan fingerprint density at radius 2 is 1.50 bits per heavy atom. The molecule has 13 nitrogen and oxygen atoms in total. The molecule has 1 aromatic rings. The van der Waals surface area contributed by atoms with Gasteiger partial charge in [-0.15, -0.1) is 0 Å². The molecule has 0 aromatic heterocycles. The van der Waals surface area contributed by atoms with Crippen LogP contribution in [0, 0.1) is 5.92 Å². The smallest absolute Gasteiger partial charge is 0.326 e. The summed E-state index contributed by atoms with van der Waals surface area (Å²) < 4.78 is 0. The first-order valence-corrected chi connectivity index (χ1v) is 12.8. The number of nitrogens with two attached hydrogens (primary N) is 3. The third-order valence-corrected chi connectivity index (χ3v) is 5.81. The zero-order valence-corrected chi connectivity index (χ0v) is 22.5. The number of thiol groups is 1. The summed E-state index contributed by atoms with van der Waals surface area (Å²) in [6, 6.07) is 1.53. The summed E-state index contributed by atoms with van der Waals surface area (Å²) in [6.45, 7) is 4.00. The molecule has 38 heavy (non-hydrogen) atoms. The van der Waals surface area contributed by atoms with Gasteiger partial charge in [0.1, 0.15) is 23.9 Å². The number of hydrogen-bond donors (Lipinski definition) is 9. The average molecular weight is 554 g/mol. The van der Waals surface area contributed by atoms with Gasteiger partial charge < -0.3 is 43.4 Å². The molecule has 4 unspecified atom stereocenters. The first-order chi connectivity index (χ1) is 17.8. The van der Waals surface area contributed by atoms with Crippen LogP contribution in [0.5, 0.6) is 5.75 Å². The molecule has 14 heteroatoms. The number of guanidine groups is 1. The van der Waals surface area contributed by atoms with E-state index in [1.165, 1.54) is 24.3 Å². The van der Waals surface area contributed by atoms with Crippen LogP contribution in [0.4, 0.5) is 0 Å². The number of amides is 3. The number of aliphatic imine (C=N–C) groups is 1. The van der Waals surface area contributed by atoms with E-state index in [4.69, 9.17) is 17.2 Å². The number of carboxylic acids is 1. The molecule has 0 fully saturated rings. The predicted molar refractivity (Wildman–Crippen MR) is 146 cm³/mol. The highest BCUT2D eigenvalue weighted by molar-refractivity contribution is 7.80. The van der Waals surface area contributed by atoms with Gasteiger partial charge in [0.25, 0.3) is 0 Å². The maximum Gasteiger partial charge on any atom is 0.326 e. The van der Waals surface area contributed by atoms with Crippen molar-refractivity contribution in [2.45, 2.75) is 63.7 Å². The van der Waals surface area contributed by atoms with E-state index in [0.717, 1.165) is 0 Å². The number of phenolic OH excluding ortho intramolecular Hbond substituents is 1. The molecule has 0 saturated heterocycles. The van der Waals surface area contributed by atoms with Crippen molar-refractivity contribution in [2.75, 3.05) is 12.3 Å². The summed E-state index contributed by atoms with van der Waals surface area (Å²) in [5.41, 5.74) is 17.1. The lowest BCUT2D eigenvalue weighted by atomic mass is 10.0. The van der Waals surface area contributed by atoms with Crippen LogP contribution in [0.1, 0.15) is 38.7 Å². The molecule has 4 atom stereocenters. The highest BCUT2D eigenvalue weighted by Crippen LogP contribution is 2.12. The van der Waals surface area contributed by atoms with Crippen molar-refractivity contribution in [2.24, 2.45) is 28.1 Å². The SMILES string of the molecule is CC(C)CC(N)C(=O)NC(CS)C(=O)NC(CCCN=C(N)N)C(=O)NC(Cc1ccc(O)cc1)C(=O)O. The van der Waals surface area contributed by atoms with Crippen molar-refractivity contribution in [1.29, 1.82) is 0 Å². The summed E-state index contributed by atoms with van der Waals surface area (Å²) in [5, 5.41) is 26.6. The molecule has 0 aliphatic rings. The Labute approximate surface area is 227 Å². The molecule has 0 aliphatic carbocycles. The molecule has 0 saturated carbocycles. The van der Waals surface area contributed by atoms with E-state index in [1.807, 2.05) is 13.8 Å². The molecule has 0 radical (unpaired) electrons. The molecule has 3 amide bonds. The van der Waals surface area contributed by atoms with Gasteiger partial charge in [0.05, 0.1) is 6.04 Å². The Morgan fingerprint density at radius 1 is 0.947 bits per heavy atom. The van der Waals surface area contributed by atoms with Crippen molar-refractivity contribution in [3.63, 3.8) is 0 Å². The second kappa shape index (κ2) is 16.3. The first-order valence-electron chi connectivity index (χ1n) is 12.2. The number of aliphatic carboxylic acids is 1. The lowest BCUT2D eigenvalue weighted by Gasteiger charge is -2.25. The summed E-state index contributed by atoms with van der Waals surface area (Å²) >= 11 is 4.14. The minimum atomic E-state index is -1.31. The first kappa shape index (κ1) is 32.5. The largest absolute Gasteiger partial charge is 0.508 e. The van der Waals surface area contributed by atoms with Gasteiger partial charge in [0, 0.05) is 18.7 Å². The average Bonchev–Trinajstić information content (AvgIpc) is 2.84. The van der Waals surface area contributed by atoms with Crippen LogP contribution >= 0.6 is 12.6 Å². The lowest BCUT2D eigenvalue weighted by molar-refractivity contribution is -0.142. The van der Waals surface area contributed by atoms with Crippen molar-refractivity contribution < 1.29 is 29.4 Å². The number of nitrogens with zero attached hydrogens (tertiary/aromatic N) is 1. The Bertz CT molecular complexity index is 970. The fourth-order valence-corrected chi connectivity index (χ4v) is 3.73. The highest BCUT2D eigenvalue weighted by atomic mass is 32.1. The second-order valence-corrected chi connectivity index (χ2v) is 9.62. The van der Waals surface area contributed by atoms with Crippen molar-refractivity contribution in [3.8, 4) is 5.75 Å². The third-order valence-electron chi connectivity index (χ3n) is 5.45. The Kier molecular flexibility index (Phi) is 14.0. The van der Waals surface area contributed by atoms with Gasteiger partial charge >= 0.3 is 5.97 Å². The fraction of sp³-hybridized carbons (Fsp3) is 0.542. The second-order valence-electron chi connectivity index (χ2n) is 9.26. The van der Waals surface area contributed by atoms with Gasteiger partial charge in [0.2, 0.25) is 17.7 Å². The van der Waals surface area contributed by atoms with Crippen LogP contribution in [-0.2, 0) is 25.6 Å². The molecule has 0 spiro atoms. The Hall–Kier alpha value is -3.52. The van der Waals surface area contributed by atoms with E-state index < -0.39 is 47.9 Å². The maximum absolute atomic E-state index is 13.1. The summed E-state index contributed by atoms with van der Waals surface area (Å²) in [7, 11) is 0. The number of hydrogen-bond acceptors (Lipinski definition) is 8. The maximum atomic E-state index is 13.1. The molecule has 0 heterocycles. The topological polar surface area (TPSA) is 235 Å². The number of carbonyl (C=O) groups is 4. The molecule has 0 aliphatic heterocycles. The molecular formula is C24H39N7O6S. The van der Waals surface area contributed by atoms with Gasteiger partial charge in [-0.05, 0) is 42.9 Å². The van der Waals surface area contributed by atoms with E-state index >= 15 is 0 Å². The number of phenols is 1. The van der Waals surface area contributed by atoms with Crippen LogP contribution in [0.25, 0.3) is 0 Å². The van der Waals surface area contributed by atoms with Crippen molar-refractivity contribution >= 4 is 42.3 Å². The fourth-order valence-electron chi connectivity index (χ4n) is 3.47. The lowest BCUT2D eigenvalue weighted by Crippen LogP contribution is -2.57. The summed E-state index contributed by atoms with van der Waals surface area (Å²) in [5.74, 6) is -3.24. The Morgan fingerprint density at radius 3 is 2.03 bits per heavy atom. The summed E-state index contributed by atoms with van der Waals surface area (Å²) in [4.78, 5) is 54.1. The normalized spacial score (nSPS) is 14.0. The molecule has 1 aromatic carbocycles. The number of carbonyl (C=O) groups excluding carboxylic acids is 3. The third kappa shape index (κ3) is 12.1. The number of rotatable bonds is 16. The highest BCUT2D eigenvalue weighted by Gasteiger charge is 2.30. The number of benzene rings is 1. The molecular weight excluding hydrogens is 514 g/mol. The number of carboxylic acid groups (broad SMARTS) is 1. The molecule has 11 N–H and O–H groups in total. The molecule has 0 bridgehead atoms. The zero-order chi connectivity index (χ0) is 28.8. The van der Waals surface area contributed by atoms with Crippen LogP contribution in [0.15, 0.2) is 29.3 Å². The zero-order valence-electron chi connectivity index (χ0n) is 21.6. The monoisotopic (exact) mass is 553 g/mol. The van der Waals surface area contributed by atoms with Crippen LogP contribution in [0.3, 0.4) is 0 Å². The summed E-state index contributed by atoms with van der Waals surface area (Å²) in [6.07, 6.45) is 0.738. The van der Waals surface area contributed by atoms with E-state index in [9.17, 15) is 29.4 Å². The van der Waals surface area contributed by atoms with Crippen LogP contribution in [-0.4, -0.2) is 76.3 Å². The van der Waals surface area contributed by atoms with Gasteiger partial charge in [-0.25, -0.2) is 4.79 Å². The van der Waals surface area contributed by atoms with E-state index in [1.54, 1.807) is 0 Å². The standard InChI is InChI=1S/C24H39N7O6S/c1-13(2)10-16(25)20(33)31-19(12-38)22(35)29-17(4-3-9-28-24(26)27)21(34)30-18(23(36)37)11-14-5-7-15(32)8-6-14/h5-8,13,16-19,32,38H,3-4,9-12,25H2,1-2H3,(H,29,35)(H,30,34)(H,31,33)(H,36,37)(H4,26,27,28). The molecule has 212 valence electrons. The van der Waals surface area contributed by atoms with E-state index in [2.05, 4.69) is 33.6 Å². The van der Waals surface area contributed by atoms with E-state index in [0.29, 0.717) is 18.4 Å². The minimum Gasteiger partial charge on any atom is -0.508 e. The van der Waals surface area contributed by atoms with Crippen molar-refractivity contribution in [1.82, 2.24) is 16.0 Å². The van der Waals surface area contributed by atoms with Crippen LogP contribution < -0.4 is 33.2 Å². The quantitative estimate of drug-likeness (QED) is 0.0518. The van der Waals surface area contributed by atoms with Gasteiger partial charge in [-0.3, -0.25) is 19.4 Å². The van der Waals surface area contributed by atoms with E-state index in [-0.39, 0.29) is 42.8 Å². The van der Waals surface area contributed by atoms with Gasteiger partial charge in [-0.2, -0.15) is 12.6 Å². The van der Waals surface area contributed by atoms with Crippen LogP contribution in [0.2, 0.25) is 0 Å². The Balaban J connectivity index is 2.98. The molecule has 1 rings (SSSR count). The van der Waals surface area contributed by atoms with Gasteiger partial charge in [0.15, 0.2) is 5.96 Å². The van der Waals surface area contributed by atoms with Crippen molar-refractivity contribution in [3.05, 3.63) is 29.8 Å². The number of aromatic hydroxyl groups is 1. The van der Waals surface area contributed by atoms with Gasteiger partial charge in [-0.1, -0.05) is 26.0 Å². The minimum absolute atomic E-state index is 0.0178. The number of nitrogens with one attached hydrogen (secondary N) is 3.